The Morgan fingerprint density at radius 1 is 1.35 bits per heavy atom. The van der Waals surface area contributed by atoms with Gasteiger partial charge in [-0.3, -0.25) is 0 Å². The van der Waals surface area contributed by atoms with Gasteiger partial charge in [-0.25, -0.2) is 4.99 Å². The zero-order valence-electron chi connectivity index (χ0n) is 12.4. The highest BCUT2D eigenvalue weighted by Crippen LogP contribution is 2.22. The van der Waals surface area contributed by atoms with E-state index in [1.165, 1.54) is 0 Å². The molecule has 0 amide bonds. The van der Waals surface area contributed by atoms with Gasteiger partial charge >= 0.3 is 0 Å². The van der Waals surface area contributed by atoms with Crippen molar-refractivity contribution in [1.82, 2.24) is 0 Å². The summed E-state index contributed by atoms with van der Waals surface area (Å²) in [5, 5.41) is 0.601. The molecule has 4 heteroatoms. The van der Waals surface area contributed by atoms with Gasteiger partial charge in [-0.2, -0.15) is 0 Å². The lowest BCUT2D eigenvalue weighted by Crippen LogP contribution is -2.32. The SMILES string of the molecule is C[C@H](C(=S)OC(C)(C)C)[C@H]1COC(c2ccccc2)=N1. The zero-order chi connectivity index (χ0) is 14.8. The normalized spacial score (nSPS) is 20.0. The zero-order valence-corrected chi connectivity index (χ0v) is 13.2. The fraction of sp³-hybridized carbons (Fsp3) is 0.500. The molecule has 1 aliphatic heterocycles. The first-order valence-electron chi connectivity index (χ1n) is 6.86. The standard InChI is InChI=1S/C16H21NO2S/c1-11(15(20)19-16(2,3)4)13-10-18-14(17-13)12-8-6-5-7-9-12/h5-9,11,13H,10H2,1-4H3/t11-,13+/m0/s1. The molecule has 2 rings (SSSR count). The van der Waals surface area contributed by atoms with Crippen molar-refractivity contribution in [3.63, 3.8) is 0 Å². The molecule has 0 bridgehead atoms. The van der Waals surface area contributed by atoms with Crippen molar-refractivity contribution in [2.75, 3.05) is 6.61 Å². The summed E-state index contributed by atoms with van der Waals surface area (Å²) in [5.74, 6) is 0.756. The highest BCUT2D eigenvalue weighted by molar-refractivity contribution is 7.80. The molecule has 1 aliphatic rings. The number of benzene rings is 1. The molecule has 2 atom stereocenters. The Morgan fingerprint density at radius 2 is 2.00 bits per heavy atom. The van der Waals surface area contributed by atoms with Crippen LogP contribution in [0.15, 0.2) is 35.3 Å². The van der Waals surface area contributed by atoms with E-state index < -0.39 is 0 Å². The summed E-state index contributed by atoms with van der Waals surface area (Å²) >= 11 is 5.37. The molecule has 0 saturated carbocycles. The molecule has 20 heavy (non-hydrogen) atoms. The van der Waals surface area contributed by atoms with Crippen molar-refractivity contribution < 1.29 is 9.47 Å². The molecular formula is C16H21NO2S. The van der Waals surface area contributed by atoms with Crippen LogP contribution in [0.3, 0.4) is 0 Å². The molecule has 0 unspecified atom stereocenters. The highest BCUT2D eigenvalue weighted by atomic mass is 32.1. The monoisotopic (exact) mass is 291 g/mol. The molecule has 1 aromatic carbocycles. The van der Waals surface area contributed by atoms with Gasteiger partial charge in [-0.15, -0.1) is 0 Å². The molecule has 0 fully saturated rings. The van der Waals surface area contributed by atoms with Gasteiger partial charge in [0, 0.05) is 5.56 Å². The number of hydrogen-bond acceptors (Lipinski definition) is 4. The van der Waals surface area contributed by atoms with E-state index >= 15 is 0 Å². The lowest BCUT2D eigenvalue weighted by atomic mass is 10.0. The minimum absolute atomic E-state index is 0.0278. The van der Waals surface area contributed by atoms with E-state index in [1.807, 2.05) is 58.0 Å². The predicted molar refractivity (Wildman–Crippen MR) is 85.3 cm³/mol. The van der Waals surface area contributed by atoms with Crippen LogP contribution in [-0.4, -0.2) is 29.2 Å². The van der Waals surface area contributed by atoms with Crippen molar-refractivity contribution in [1.29, 1.82) is 0 Å². The lowest BCUT2D eigenvalue weighted by molar-refractivity contribution is 0.109. The Kier molecular flexibility index (Phi) is 4.43. The minimum Gasteiger partial charge on any atom is -0.481 e. The summed E-state index contributed by atoms with van der Waals surface area (Å²) < 4.78 is 11.4. The van der Waals surface area contributed by atoms with E-state index in [-0.39, 0.29) is 17.6 Å². The van der Waals surface area contributed by atoms with Crippen molar-refractivity contribution in [3.8, 4) is 0 Å². The van der Waals surface area contributed by atoms with Crippen molar-refractivity contribution in [3.05, 3.63) is 35.9 Å². The molecule has 0 radical (unpaired) electrons. The lowest BCUT2D eigenvalue weighted by Gasteiger charge is -2.25. The summed E-state index contributed by atoms with van der Waals surface area (Å²) in [6, 6.07) is 9.95. The molecule has 0 aromatic heterocycles. The third-order valence-electron chi connectivity index (χ3n) is 3.05. The van der Waals surface area contributed by atoms with Crippen LogP contribution in [0.4, 0.5) is 0 Å². The van der Waals surface area contributed by atoms with Crippen LogP contribution in [0.25, 0.3) is 0 Å². The van der Waals surface area contributed by atoms with Crippen molar-refractivity contribution in [2.24, 2.45) is 10.9 Å². The maximum Gasteiger partial charge on any atom is 0.216 e. The second kappa shape index (κ2) is 5.92. The van der Waals surface area contributed by atoms with Crippen LogP contribution in [0, 0.1) is 5.92 Å². The molecule has 0 aliphatic carbocycles. The summed E-state index contributed by atoms with van der Waals surface area (Å²) in [4.78, 5) is 4.64. The Bertz CT molecular complexity index is 505. The van der Waals surface area contributed by atoms with Gasteiger partial charge in [-0.1, -0.05) is 25.1 Å². The van der Waals surface area contributed by atoms with E-state index in [4.69, 9.17) is 21.7 Å². The minimum atomic E-state index is -0.267. The fourth-order valence-electron chi connectivity index (χ4n) is 1.94. The van der Waals surface area contributed by atoms with Crippen LogP contribution < -0.4 is 0 Å². The average molecular weight is 291 g/mol. The summed E-state index contributed by atoms with van der Waals surface area (Å²) in [7, 11) is 0. The van der Waals surface area contributed by atoms with Gasteiger partial charge in [-0.05, 0) is 45.1 Å². The topological polar surface area (TPSA) is 30.8 Å². The third kappa shape index (κ3) is 3.79. The molecule has 0 saturated heterocycles. The molecular weight excluding hydrogens is 270 g/mol. The van der Waals surface area contributed by atoms with Crippen molar-refractivity contribution in [2.45, 2.75) is 39.3 Å². The van der Waals surface area contributed by atoms with Crippen LogP contribution in [0.2, 0.25) is 0 Å². The van der Waals surface area contributed by atoms with Gasteiger partial charge in [0.1, 0.15) is 12.2 Å². The second-order valence-corrected chi connectivity index (χ2v) is 6.40. The van der Waals surface area contributed by atoms with E-state index in [0.717, 1.165) is 5.56 Å². The third-order valence-corrected chi connectivity index (χ3v) is 3.51. The van der Waals surface area contributed by atoms with E-state index in [2.05, 4.69) is 4.99 Å². The van der Waals surface area contributed by atoms with Crippen molar-refractivity contribution >= 4 is 23.2 Å². The smallest absolute Gasteiger partial charge is 0.216 e. The largest absolute Gasteiger partial charge is 0.481 e. The van der Waals surface area contributed by atoms with Gasteiger partial charge in [0.2, 0.25) is 5.90 Å². The summed E-state index contributed by atoms with van der Waals surface area (Å²) in [6.07, 6.45) is 0. The number of rotatable bonds is 3. The Labute approximate surface area is 126 Å². The molecule has 108 valence electrons. The number of ether oxygens (including phenoxy) is 2. The van der Waals surface area contributed by atoms with Crippen LogP contribution in [0.5, 0.6) is 0 Å². The maximum atomic E-state index is 5.76. The highest BCUT2D eigenvalue weighted by Gasteiger charge is 2.30. The first-order valence-corrected chi connectivity index (χ1v) is 7.26. The summed E-state index contributed by atoms with van der Waals surface area (Å²) in [5.41, 5.74) is 0.737. The Hall–Kier alpha value is -1.42. The number of aliphatic imine (C=N–C) groups is 1. The molecule has 1 aromatic rings. The molecule has 3 nitrogen and oxygen atoms in total. The van der Waals surface area contributed by atoms with Crippen LogP contribution >= 0.6 is 12.2 Å². The molecule has 1 heterocycles. The number of thiocarbonyl (C=S) groups is 1. The average Bonchev–Trinajstić information content (AvgIpc) is 2.86. The van der Waals surface area contributed by atoms with E-state index in [0.29, 0.717) is 17.6 Å². The fourth-order valence-corrected chi connectivity index (χ4v) is 2.34. The van der Waals surface area contributed by atoms with Crippen LogP contribution in [-0.2, 0) is 9.47 Å². The number of nitrogens with zero attached hydrogens (tertiary/aromatic N) is 1. The molecule has 0 spiro atoms. The van der Waals surface area contributed by atoms with Gasteiger partial charge in [0.05, 0.1) is 12.0 Å². The quantitative estimate of drug-likeness (QED) is 0.797. The Morgan fingerprint density at radius 3 is 2.60 bits per heavy atom. The van der Waals surface area contributed by atoms with Crippen LogP contribution in [0.1, 0.15) is 33.3 Å². The van der Waals surface area contributed by atoms with E-state index in [1.54, 1.807) is 0 Å². The first-order chi connectivity index (χ1) is 9.37. The predicted octanol–water partition coefficient (Wildman–Crippen LogP) is 3.61. The first kappa shape index (κ1) is 15.0. The Balaban J connectivity index is 2.05. The maximum absolute atomic E-state index is 5.76. The van der Waals surface area contributed by atoms with E-state index in [9.17, 15) is 0 Å². The van der Waals surface area contributed by atoms with Gasteiger partial charge < -0.3 is 9.47 Å². The number of hydrogen-bond donors (Lipinski definition) is 0. The van der Waals surface area contributed by atoms with Gasteiger partial charge in [0.15, 0.2) is 5.05 Å². The van der Waals surface area contributed by atoms with Gasteiger partial charge in [0.25, 0.3) is 0 Å². The molecule has 0 N–H and O–H groups in total. The summed E-state index contributed by atoms with van der Waals surface area (Å²) in [6.45, 7) is 8.58. The second-order valence-electron chi connectivity index (χ2n) is 6.00.